The van der Waals surface area contributed by atoms with Crippen LogP contribution in [0, 0.1) is 18.4 Å². The molecule has 0 aliphatic heterocycles. The van der Waals surface area contributed by atoms with Crippen LogP contribution in [0.15, 0.2) is 18.2 Å². The molecule has 0 atom stereocenters. The number of amides is 1. The van der Waals surface area contributed by atoms with Gasteiger partial charge in [-0.15, -0.1) is 0 Å². The van der Waals surface area contributed by atoms with E-state index in [0.29, 0.717) is 16.8 Å². The Morgan fingerprint density at radius 1 is 1.62 bits per heavy atom. The van der Waals surface area contributed by atoms with Gasteiger partial charge in [0.2, 0.25) is 0 Å². The zero-order valence-electron chi connectivity index (χ0n) is 7.16. The molecule has 4 nitrogen and oxygen atoms in total. The molecule has 0 heterocycles. The second kappa shape index (κ2) is 3.59. The van der Waals surface area contributed by atoms with Crippen molar-refractivity contribution in [2.45, 2.75) is 6.92 Å². The highest BCUT2D eigenvalue weighted by Crippen LogP contribution is 2.14. The van der Waals surface area contributed by atoms with E-state index < -0.39 is 5.91 Å². The average Bonchev–Trinajstić information content (AvgIpc) is 2.10. The van der Waals surface area contributed by atoms with Gasteiger partial charge in [0.25, 0.3) is 5.91 Å². The summed E-state index contributed by atoms with van der Waals surface area (Å²) < 4.78 is 0. The lowest BCUT2D eigenvalue weighted by atomic mass is 10.1. The number of nitriles is 1. The molecule has 0 saturated heterocycles. The Hall–Kier alpha value is -2.02. The first-order valence-corrected chi connectivity index (χ1v) is 3.71. The lowest BCUT2D eigenvalue weighted by molar-refractivity contribution is 0.0972. The van der Waals surface area contributed by atoms with Gasteiger partial charge < -0.3 is 5.73 Å². The summed E-state index contributed by atoms with van der Waals surface area (Å²) in [4.78, 5) is 11.2. The van der Waals surface area contributed by atoms with E-state index in [9.17, 15) is 4.79 Å². The highest BCUT2D eigenvalue weighted by atomic mass is 16.1. The summed E-state index contributed by atoms with van der Waals surface area (Å²) in [6.07, 6.45) is 1.57. The first-order valence-electron chi connectivity index (χ1n) is 3.71. The van der Waals surface area contributed by atoms with Crippen molar-refractivity contribution < 1.29 is 4.79 Å². The van der Waals surface area contributed by atoms with Crippen molar-refractivity contribution in [3.05, 3.63) is 29.3 Å². The van der Waals surface area contributed by atoms with Crippen LogP contribution < -0.4 is 11.1 Å². The van der Waals surface area contributed by atoms with E-state index in [2.05, 4.69) is 0 Å². The fraction of sp³-hybridized carbons (Fsp3) is 0.111. The van der Waals surface area contributed by atoms with Crippen molar-refractivity contribution in [1.82, 2.24) is 5.32 Å². The first kappa shape index (κ1) is 9.07. The summed E-state index contributed by atoms with van der Waals surface area (Å²) in [7, 11) is 0. The maximum Gasteiger partial charge on any atom is 0.264 e. The van der Waals surface area contributed by atoms with E-state index in [0.717, 1.165) is 0 Å². The highest BCUT2D eigenvalue weighted by Gasteiger charge is 2.08. The maximum atomic E-state index is 11.2. The Bertz CT molecular complexity index is 379. The third kappa shape index (κ3) is 1.76. The standard InChI is InChI=1S/C9H9N3O/c1-6-7(9(13)12-5-10)3-2-4-8(6)11/h2-4H,11H2,1H3,(H,12,13). The van der Waals surface area contributed by atoms with Gasteiger partial charge in [-0.25, -0.2) is 0 Å². The zero-order valence-corrected chi connectivity index (χ0v) is 7.16. The smallest absolute Gasteiger partial charge is 0.264 e. The molecule has 0 saturated carbocycles. The number of nitrogen functional groups attached to an aromatic ring is 1. The molecule has 0 aromatic heterocycles. The summed E-state index contributed by atoms with van der Waals surface area (Å²) in [5.41, 5.74) is 7.26. The fourth-order valence-corrected chi connectivity index (χ4v) is 1.02. The number of hydrogen-bond donors (Lipinski definition) is 2. The molecular formula is C9H9N3O. The van der Waals surface area contributed by atoms with Crippen molar-refractivity contribution in [2.75, 3.05) is 5.73 Å². The molecule has 1 rings (SSSR count). The molecule has 66 valence electrons. The van der Waals surface area contributed by atoms with Gasteiger partial charge in [0.05, 0.1) is 0 Å². The van der Waals surface area contributed by atoms with Crippen molar-refractivity contribution in [1.29, 1.82) is 5.26 Å². The van der Waals surface area contributed by atoms with Crippen LogP contribution >= 0.6 is 0 Å². The number of nitrogens with two attached hydrogens (primary N) is 1. The molecule has 0 unspecified atom stereocenters. The predicted octanol–water partition coefficient (Wildman–Crippen LogP) is 0.788. The molecule has 1 amide bonds. The molecule has 0 aliphatic carbocycles. The van der Waals surface area contributed by atoms with Crippen LogP contribution in [-0.2, 0) is 0 Å². The van der Waals surface area contributed by atoms with Gasteiger partial charge in [-0.3, -0.25) is 10.1 Å². The zero-order chi connectivity index (χ0) is 9.84. The quantitative estimate of drug-likeness (QED) is 0.376. The summed E-state index contributed by atoms with van der Waals surface area (Å²) in [5, 5.41) is 10.3. The number of carbonyl (C=O) groups is 1. The van der Waals surface area contributed by atoms with E-state index in [4.69, 9.17) is 11.0 Å². The van der Waals surface area contributed by atoms with E-state index in [-0.39, 0.29) is 0 Å². The molecule has 1 aromatic carbocycles. The van der Waals surface area contributed by atoms with Crippen molar-refractivity contribution in [3.8, 4) is 6.19 Å². The van der Waals surface area contributed by atoms with Gasteiger partial charge in [0, 0.05) is 11.3 Å². The minimum atomic E-state index is -0.424. The van der Waals surface area contributed by atoms with Crippen molar-refractivity contribution >= 4 is 11.6 Å². The van der Waals surface area contributed by atoms with Crippen LogP contribution in [0.4, 0.5) is 5.69 Å². The Kier molecular flexibility index (Phi) is 2.50. The van der Waals surface area contributed by atoms with Gasteiger partial charge in [-0.05, 0) is 24.6 Å². The van der Waals surface area contributed by atoms with Crippen LogP contribution in [0.1, 0.15) is 15.9 Å². The average molecular weight is 175 g/mol. The second-order valence-electron chi connectivity index (χ2n) is 2.59. The molecule has 0 aliphatic rings. The lowest BCUT2D eigenvalue weighted by Crippen LogP contribution is -2.18. The summed E-state index contributed by atoms with van der Waals surface area (Å²) in [6.45, 7) is 1.74. The number of hydrogen-bond acceptors (Lipinski definition) is 3. The normalized spacial score (nSPS) is 8.92. The van der Waals surface area contributed by atoms with E-state index in [1.54, 1.807) is 31.3 Å². The summed E-state index contributed by atoms with van der Waals surface area (Å²) in [5.74, 6) is -0.424. The Labute approximate surface area is 76.0 Å². The Morgan fingerprint density at radius 3 is 2.92 bits per heavy atom. The second-order valence-corrected chi connectivity index (χ2v) is 2.59. The fourth-order valence-electron chi connectivity index (χ4n) is 1.02. The molecule has 0 bridgehead atoms. The van der Waals surface area contributed by atoms with Crippen LogP contribution in [0.3, 0.4) is 0 Å². The van der Waals surface area contributed by atoms with Crippen molar-refractivity contribution in [3.63, 3.8) is 0 Å². The number of carbonyl (C=O) groups excluding carboxylic acids is 1. The van der Waals surface area contributed by atoms with Crippen LogP contribution in [0.2, 0.25) is 0 Å². The maximum absolute atomic E-state index is 11.2. The minimum Gasteiger partial charge on any atom is -0.398 e. The number of anilines is 1. The van der Waals surface area contributed by atoms with Gasteiger partial charge in [-0.2, -0.15) is 5.26 Å². The largest absolute Gasteiger partial charge is 0.398 e. The lowest BCUT2D eigenvalue weighted by Gasteiger charge is -2.04. The predicted molar refractivity (Wildman–Crippen MR) is 48.7 cm³/mol. The topological polar surface area (TPSA) is 78.9 Å². The van der Waals surface area contributed by atoms with Crippen LogP contribution in [-0.4, -0.2) is 5.91 Å². The summed E-state index contributed by atoms with van der Waals surface area (Å²) >= 11 is 0. The van der Waals surface area contributed by atoms with Gasteiger partial charge in [0.1, 0.15) is 0 Å². The molecule has 13 heavy (non-hydrogen) atoms. The molecule has 4 heteroatoms. The minimum absolute atomic E-state index is 0.424. The Morgan fingerprint density at radius 2 is 2.31 bits per heavy atom. The molecule has 0 radical (unpaired) electrons. The van der Waals surface area contributed by atoms with E-state index >= 15 is 0 Å². The number of rotatable bonds is 1. The number of benzene rings is 1. The summed E-state index contributed by atoms with van der Waals surface area (Å²) in [6, 6.07) is 5.01. The third-order valence-electron chi connectivity index (χ3n) is 1.79. The number of nitrogens with zero attached hydrogens (tertiary/aromatic N) is 1. The molecule has 3 N–H and O–H groups in total. The van der Waals surface area contributed by atoms with Gasteiger partial charge in [-0.1, -0.05) is 6.07 Å². The van der Waals surface area contributed by atoms with E-state index in [1.165, 1.54) is 0 Å². The van der Waals surface area contributed by atoms with Crippen LogP contribution in [0.5, 0.6) is 0 Å². The monoisotopic (exact) mass is 175 g/mol. The highest BCUT2D eigenvalue weighted by molar-refractivity contribution is 5.97. The van der Waals surface area contributed by atoms with Gasteiger partial charge in [0.15, 0.2) is 6.19 Å². The number of nitrogens with one attached hydrogen (secondary N) is 1. The molecule has 0 spiro atoms. The third-order valence-corrected chi connectivity index (χ3v) is 1.79. The SMILES string of the molecule is Cc1c(N)cccc1C(=O)NC#N. The van der Waals surface area contributed by atoms with Gasteiger partial charge >= 0.3 is 0 Å². The van der Waals surface area contributed by atoms with Crippen molar-refractivity contribution in [2.24, 2.45) is 0 Å². The molecule has 1 aromatic rings. The first-order chi connectivity index (χ1) is 6.16. The van der Waals surface area contributed by atoms with Crippen LogP contribution in [0.25, 0.3) is 0 Å². The molecule has 0 fully saturated rings. The van der Waals surface area contributed by atoms with E-state index in [1.807, 2.05) is 5.32 Å². The Balaban J connectivity index is 3.09. The molecular weight excluding hydrogens is 166 g/mol.